The number of para-hydroxylation sites is 1. The first-order valence-corrected chi connectivity index (χ1v) is 6.98. The van der Waals surface area contributed by atoms with E-state index in [4.69, 9.17) is 9.15 Å². The van der Waals surface area contributed by atoms with Crippen molar-refractivity contribution in [3.63, 3.8) is 0 Å². The molecule has 2 rings (SSSR count). The summed E-state index contributed by atoms with van der Waals surface area (Å²) in [6, 6.07) is 12.6. The third kappa shape index (κ3) is 5.35. The molecule has 1 N–H and O–H groups in total. The number of hydrogen-bond donors (Lipinski definition) is 1. The minimum atomic E-state index is -0.474. The number of esters is 1. The number of hydrogen-bond acceptors (Lipinski definition) is 5. The maximum Gasteiger partial charge on any atom is 0.330 e. The molecule has 0 unspecified atom stereocenters. The smallest absolute Gasteiger partial charge is 0.330 e. The number of rotatable bonds is 7. The molecule has 1 aromatic carbocycles. The molecule has 120 valence electrons. The van der Waals surface area contributed by atoms with Crippen molar-refractivity contribution in [2.75, 3.05) is 13.7 Å². The van der Waals surface area contributed by atoms with Gasteiger partial charge in [-0.1, -0.05) is 24.3 Å². The Morgan fingerprint density at radius 1 is 1.17 bits per heavy atom. The van der Waals surface area contributed by atoms with E-state index in [1.54, 1.807) is 12.1 Å². The maximum absolute atomic E-state index is 11.9. The van der Waals surface area contributed by atoms with E-state index in [1.165, 1.54) is 19.3 Å². The predicted octanol–water partition coefficient (Wildman–Crippen LogP) is 2.32. The Morgan fingerprint density at radius 3 is 2.70 bits per heavy atom. The Bertz CT molecular complexity index is 675. The zero-order valence-corrected chi connectivity index (χ0v) is 12.7. The largest absolute Gasteiger partial charge is 0.486 e. The first-order chi connectivity index (χ1) is 11.2. The molecule has 6 heteroatoms. The van der Waals surface area contributed by atoms with Crippen LogP contribution in [0.4, 0.5) is 0 Å². The highest BCUT2D eigenvalue weighted by atomic mass is 16.5. The van der Waals surface area contributed by atoms with Crippen molar-refractivity contribution in [1.82, 2.24) is 5.32 Å². The van der Waals surface area contributed by atoms with Gasteiger partial charge in [0, 0.05) is 12.6 Å². The van der Waals surface area contributed by atoms with Gasteiger partial charge in [0.25, 0.3) is 5.91 Å². The van der Waals surface area contributed by atoms with Crippen LogP contribution in [-0.4, -0.2) is 25.5 Å². The summed E-state index contributed by atoms with van der Waals surface area (Å²) in [6.07, 6.45) is 2.73. The molecule has 0 saturated carbocycles. The van der Waals surface area contributed by atoms with E-state index < -0.39 is 5.97 Å². The van der Waals surface area contributed by atoms with Crippen LogP contribution in [0.2, 0.25) is 0 Å². The highest BCUT2D eigenvalue weighted by Crippen LogP contribution is 2.13. The van der Waals surface area contributed by atoms with Crippen LogP contribution in [0.5, 0.6) is 5.75 Å². The van der Waals surface area contributed by atoms with E-state index >= 15 is 0 Å². The van der Waals surface area contributed by atoms with Crippen LogP contribution in [0.1, 0.15) is 16.3 Å². The average molecular weight is 315 g/mol. The molecule has 1 aromatic heterocycles. The molecule has 0 bridgehead atoms. The summed E-state index contributed by atoms with van der Waals surface area (Å²) in [5.41, 5.74) is 0. The molecule has 0 aliphatic rings. The van der Waals surface area contributed by atoms with Gasteiger partial charge in [0.05, 0.1) is 7.11 Å². The molecule has 2 aromatic rings. The summed E-state index contributed by atoms with van der Waals surface area (Å²) in [5.74, 6) is 0.609. The molecule has 0 spiro atoms. The van der Waals surface area contributed by atoms with Crippen LogP contribution in [0, 0.1) is 0 Å². The van der Waals surface area contributed by atoms with E-state index in [0.717, 1.165) is 5.75 Å². The van der Waals surface area contributed by atoms with Gasteiger partial charge in [-0.25, -0.2) is 4.79 Å². The van der Waals surface area contributed by atoms with Gasteiger partial charge in [-0.15, -0.1) is 0 Å². The highest BCUT2D eigenvalue weighted by Gasteiger charge is 2.10. The van der Waals surface area contributed by atoms with Gasteiger partial charge in [0.2, 0.25) is 0 Å². The lowest BCUT2D eigenvalue weighted by atomic mass is 10.3. The third-order valence-electron chi connectivity index (χ3n) is 2.85. The van der Waals surface area contributed by atoms with Crippen molar-refractivity contribution in [2.24, 2.45) is 0 Å². The normalized spacial score (nSPS) is 10.5. The van der Waals surface area contributed by atoms with E-state index in [2.05, 4.69) is 10.1 Å². The standard InChI is InChI=1S/C17H17NO5/c1-21-16(19)8-5-11-18-17(20)15-10-9-14(23-15)12-22-13-6-3-2-4-7-13/h2-10H,11-12H2,1H3,(H,18,20)/b8-5+. The number of carbonyl (C=O) groups excluding carboxylic acids is 2. The summed E-state index contributed by atoms with van der Waals surface area (Å²) < 4.78 is 15.4. The minimum absolute atomic E-state index is 0.183. The van der Waals surface area contributed by atoms with Crippen LogP contribution in [0.25, 0.3) is 0 Å². The molecular weight excluding hydrogens is 298 g/mol. The van der Waals surface area contributed by atoms with Crippen LogP contribution < -0.4 is 10.1 Å². The summed E-state index contributed by atoms with van der Waals surface area (Å²) in [4.78, 5) is 22.7. The number of furan rings is 1. The molecule has 0 aliphatic carbocycles. The molecule has 0 radical (unpaired) electrons. The summed E-state index contributed by atoms with van der Waals surface area (Å²) in [7, 11) is 1.28. The van der Waals surface area contributed by atoms with E-state index in [-0.39, 0.29) is 24.8 Å². The van der Waals surface area contributed by atoms with Crippen LogP contribution in [0.3, 0.4) is 0 Å². The van der Waals surface area contributed by atoms with E-state index in [1.807, 2.05) is 30.3 Å². The molecule has 23 heavy (non-hydrogen) atoms. The predicted molar refractivity (Wildman–Crippen MR) is 83.0 cm³/mol. The zero-order valence-electron chi connectivity index (χ0n) is 12.7. The Hall–Kier alpha value is -3.02. The van der Waals surface area contributed by atoms with Gasteiger partial charge in [-0.2, -0.15) is 0 Å². The Kier molecular flexibility index (Phi) is 5.99. The summed E-state index contributed by atoms with van der Waals surface area (Å²) in [5, 5.41) is 2.60. The van der Waals surface area contributed by atoms with Crippen molar-refractivity contribution in [2.45, 2.75) is 6.61 Å². The van der Waals surface area contributed by atoms with Gasteiger partial charge in [0.15, 0.2) is 5.76 Å². The van der Waals surface area contributed by atoms with Crippen LogP contribution in [0.15, 0.2) is 59.0 Å². The quantitative estimate of drug-likeness (QED) is 0.626. The molecule has 6 nitrogen and oxygen atoms in total. The lowest BCUT2D eigenvalue weighted by Gasteiger charge is -2.03. The second-order valence-electron chi connectivity index (χ2n) is 4.50. The molecule has 0 saturated heterocycles. The number of methoxy groups -OCH3 is 1. The van der Waals surface area contributed by atoms with Crippen molar-refractivity contribution >= 4 is 11.9 Å². The zero-order chi connectivity index (χ0) is 16.5. The van der Waals surface area contributed by atoms with Crippen molar-refractivity contribution in [3.05, 3.63) is 66.1 Å². The molecule has 0 aliphatic heterocycles. The topological polar surface area (TPSA) is 77.8 Å². The minimum Gasteiger partial charge on any atom is -0.486 e. The molecular formula is C17H17NO5. The van der Waals surface area contributed by atoms with Crippen molar-refractivity contribution in [3.8, 4) is 5.75 Å². The summed E-state index contributed by atoms with van der Waals surface area (Å²) in [6.45, 7) is 0.435. The number of carbonyl (C=O) groups is 2. The number of ether oxygens (including phenoxy) is 2. The molecule has 0 fully saturated rings. The third-order valence-corrected chi connectivity index (χ3v) is 2.85. The van der Waals surface area contributed by atoms with Gasteiger partial charge in [0.1, 0.15) is 18.1 Å². The fraction of sp³-hybridized carbons (Fsp3) is 0.176. The van der Waals surface area contributed by atoms with E-state index in [9.17, 15) is 9.59 Å². The van der Waals surface area contributed by atoms with Crippen LogP contribution >= 0.6 is 0 Å². The lowest BCUT2D eigenvalue weighted by molar-refractivity contribution is -0.134. The second kappa shape index (κ2) is 8.43. The molecule has 1 heterocycles. The molecule has 0 atom stereocenters. The number of nitrogens with one attached hydrogen (secondary N) is 1. The van der Waals surface area contributed by atoms with Gasteiger partial charge < -0.3 is 19.2 Å². The highest BCUT2D eigenvalue weighted by molar-refractivity contribution is 5.91. The fourth-order valence-electron chi connectivity index (χ4n) is 1.71. The number of amides is 1. The van der Waals surface area contributed by atoms with E-state index in [0.29, 0.717) is 5.76 Å². The van der Waals surface area contributed by atoms with Gasteiger partial charge in [-0.3, -0.25) is 4.79 Å². The summed E-state index contributed by atoms with van der Waals surface area (Å²) >= 11 is 0. The Labute approximate surface area is 133 Å². The van der Waals surface area contributed by atoms with Crippen molar-refractivity contribution in [1.29, 1.82) is 0 Å². The van der Waals surface area contributed by atoms with Gasteiger partial charge >= 0.3 is 5.97 Å². The lowest BCUT2D eigenvalue weighted by Crippen LogP contribution is -2.22. The van der Waals surface area contributed by atoms with Crippen molar-refractivity contribution < 1.29 is 23.5 Å². The first kappa shape index (κ1) is 16.4. The number of benzene rings is 1. The Balaban J connectivity index is 1.80. The monoisotopic (exact) mass is 315 g/mol. The van der Waals surface area contributed by atoms with Gasteiger partial charge in [-0.05, 0) is 24.3 Å². The second-order valence-corrected chi connectivity index (χ2v) is 4.50. The SMILES string of the molecule is COC(=O)/C=C/CNC(=O)c1ccc(COc2ccccc2)o1. The maximum atomic E-state index is 11.9. The molecule has 1 amide bonds. The fourth-order valence-corrected chi connectivity index (χ4v) is 1.71. The Morgan fingerprint density at radius 2 is 1.96 bits per heavy atom. The first-order valence-electron chi connectivity index (χ1n) is 6.98. The van der Waals surface area contributed by atoms with Crippen LogP contribution in [-0.2, 0) is 16.1 Å². The average Bonchev–Trinajstić information content (AvgIpc) is 3.06.